The van der Waals surface area contributed by atoms with E-state index >= 15 is 0 Å². The molecule has 354 valence electrons. The van der Waals surface area contributed by atoms with Crippen molar-refractivity contribution < 1.29 is 55.0 Å². The van der Waals surface area contributed by atoms with Gasteiger partial charge in [-0.15, -0.1) is 0 Å². The first-order valence-electron chi connectivity index (χ1n) is 20.2. The maximum Gasteiger partial charge on any atom is 0.416 e. The number of hydrogen-bond acceptors (Lipinski definition) is 12. The lowest BCUT2D eigenvalue weighted by Gasteiger charge is -2.21. The maximum absolute atomic E-state index is 14.3. The molecule has 20 nitrogen and oxygen atoms in total. The number of aliphatic imine (C=N–C) groups is 3. The minimum atomic E-state index is -4.99. The fourth-order valence-electron chi connectivity index (χ4n) is 6.18. The summed E-state index contributed by atoms with van der Waals surface area (Å²) in [6.07, 6.45) is -5.50. The number of guanidine groups is 2. The third kappa shape index (κ3) is 14.7. The molecule has 0 saturated carbocycles. The van der Waals surface area contributed by atoms with Crippen molar-refractivity contribution in [1.29, 1.82) is 0 Å². The number of unbranched alkanes of at least 4 members (excludes halogenated alkanes) is 2. The zero-order valence-corrected chi connectivity index (χ0v) is 34.9. The highest BCUT2D eigenvalue weighted by molar-refractivity contribution is 6.09. The molecule has 2 aliphatic rings. The Bertz CT molecular complexity index is 2400. The van der Waals surface area contributed by atoms with Crippen molar-refractivity contribution in [2.45, 2.75) is 69.8 Å². The monoisotopic (exact) mass is 932 g/mol. The normalized spacial score (nSPS) is 14.3. The summed E-state index contributed by atoms with van der Waals surface area (Å²) in [6.45, 7) is 1.17. The average molecular weight is 933 g/mol. The Morgan fingerprint density at radius 1 is 0.697 bits per heavy atom. The van der Waals surface area contributed by atoms with E-state index in [1.165, 1.54) is 12.4 Å². The fraction of sp³-hybridized carbons (Fsp3) is 0.375. The number of aromatic nitrogens is 2. The van der Waals surface area contributed by atoms with Gasteiger partial charge in [-0.2, -0.15) is 26.3 Å². The third-order valence-electron chi connectivity index (χ3n) is 9.32. The molecule has 0 bridgehead atoms. The van der Waals surface area contributed by atoms with E-state index in [9.17, 15) is 45.5 Å². The number of amides is 4. The first-order chi connectivity index (χ1) is 31.3. The molecule has 0 radical (unpaired) electrons. The average Bonchev–Trinajstić information content (AvgIpc) is 3.97. The molecule has 4 amide bonds. The van der Waals surface area contributed by atoms with Gasteiger partial charge >= 0.3 is 12.4 Å². The van der Waals surface area contributed by atoms with Crippen LogP contribution in [-0.4, -0.2) is 84.0 Å². The van der Waals surface area contributed by atoms with E-state index in [1.54, 1.807) is 0 Å². The fourth-order valence-corrected chi connectivity index (χ4v) is 6.18. The van der Waals surface area contributed by atoms with E-state index in [1.807, 2.05) is 0 Å². The summed E-state index contributed by atoms with van der Waals surface area (Å²) < 4.78 is 97.6. The molecular weight excluding hydrogens is 887 g/mol. The Balaban J connectivity index is 1.44. The molecule has 0 saturated heterocycles. The van der Waals surface area contributed by atoms with Crippen molar-refractivity contribution in [3.63, 3.8) is 0 Å². The summed E-state index contributed by atoms with van der Waals surface area (Å²) in [5, 5.41) is 12.3. The quantitative estimate of drug-likeness (QED) is 0.0332. The number of nitrogens with zero attached hydrogens (tertiary/aromatic N) is 5. The number of rotatable bonds is 20. The highest BCUT2D eigenvalue weighted by atomic mass is 19.4. The molecule has 26 heteroatoms. The summed E-state index contributed by atoms with van der Waals surface area (Å²) in [5.74, 6) is -4.52. The predicted molar refractivity (Wildman–Crippen MR) is 231 cm³/mol. The number of carbonyl (C=O) groups is 4. The van der Waals surface area contributed by atoms with Gasteiger partial charge in [0.25, 0.3) is 11.8 Å². The Kier molecular flexibility index (Phi) is 16.7. The van der Waals surface area contributed by atoms with E-state index in [-0.39, 0.29) is 68.0 Å². The lowest BCUT2D eigenvalue weighted by Crippen LogP contribution is -2.23. The van der Waals surface area contributed by atoms with Crippen molar-refractivity contribution in [3.8, 4) is 11.5 Å². The Hall–Kier alpha value is -7.67. The van der Waals surface area contributed by atoms with Gasteiger partial charge in [0.15, 0.2) is 23.4 Å². The molecular formula is C40H46F6N14O6. The van der Waals surface area contributed by atoms with Crippen LogP contribution < -0.4 is 59.0 Å². The highest BCUT2D eigenvalue weighted by Crippen LogP contribution is 2.44. The number of alkyl halides is 6. The predicted octanol–water partition coefficient (Wildman–Crippen LogP) is 4.22. The van der Waals surface area contributed by atoms with E-state index in [0.717, 1.165) is 12.4 Å². The van der Waals surface area contributed by atoms with Gasteiger partial charge in [0.1, 0.15) is 29.6 Å². The zero-order chi connectivity index (χ0) is 48.0. The first-order valence-corrected chi connectivity index (χ1v) is 20.2. The second-order valence-electron chi connectivity index (χ2n) is 14.5. The lowest BCUT2D eigenvalue weighted by atomic mass is 10.1. The highest BCUT2D eigenvalue weighted by Gasteiger charge is 2.35. The molecule has 3 heterocycles. The molecule has 1 aromatic heterocycles. The van der Waals surface area contributed by atoms with Gasteiger partial charge in [0, 0.05) is 70.3 Å². The van der Waals surface area contributed by atoms with Crippen molar-refractivity contribution in [2.75, 3.05) is 47.4 Å². The van der Waals surface area contributed by atoms with Crippen LogP contribution in [0, 0.1) is 0 Å². The number of carbonyl (C=O) groups excluding carboxylic acids is 4. The van der Waals surface area contributed by atoms with Crippen LogP contribution in [0.1, 0.15) is 83.5 Å². The number of anilines is 4. The second kappa shape index (κ2) is 22.3. The molecule has 5 rings (SSSR count). The minimum Gasteiger partial charge on any atom is -0.480 e. The maximum atomic E-state index is 14.3. The van der Waals surface area contributed by atoms with Crippen molar-refractivity contribution in [2.24, 2.45) is 37.9 Å². The van der Waals surface area contributed by atoms with Crippen molar-refractivity contribution in [3.05, 3.63) is 71.1 Å². The standard InChI is InChI=1S/C40H46F6N14O6/c41-39(42,43)21-13-25(57-31(61)5-1-3-9-53-37(47)48)33(65-23-7-11-51-18-23)27(15-21)59-35(63)29-17-30(56-20-55-29)36(64)60-28-16-22(40(44,45)46)14-26(34(28)66-24-8-12-52-19-24)58-32(62)6-2-4-10-54-38(49)50/h13-20,23,52H,1-12H2,(H,57,61)(H,58,62)(H,59,63)(H,60,64)(H4,47,48,53)(H4,49,50,54)/t23-/m0/s1. The number of ether oxygens (including phenoxy) is 2. The van der Waals surface area contributed by atoms with Crippen LogP contribution in [0.5, 0.6) is 11.5 Å². The molecule has 1 atom stereocenters. The number of benzene rings is 2. The van der Waals surface area contributed by atoms with Gasteiger partial charge < -0.3 is 59.0 Å². The van der Waals surface area contributed by atoms with Crippen LogP contribution in [0.25, 0.3) is 0 Å². The van der Waals surface area contributed by atoms with E-state index in [0.29, 0.717) is 63.0 Å². The first kappa shape index (κ1) is 49.3. The molecule has 3 aromatic rings. The largest absolute Gasteiger partial charge is 0.480 e. The summed E-state index contributed by atoms with van der Waals surface area (Å²) in [7, 11) is 0. The Morgan fingerprint density at radius 2 is 1.18 bits per heavy atom. The second-order valence-corrected chi connectivity index (χ2v) is 14.5. The van der Waals surface area contributed by atoms with Crippen molar-refractivity contribution >= 4 is 64.5 Å². The SMILES string of the molecule is NC(N)=NCCCCC(=O)Nc1cc(C(F)(F)F)cc(NC(=O)c2cc(C(=O)Nc3cc(C(F)(F)F)cc(NC(=O)CCCCN=C(N)N)c3O[C@@H]3C=NCC3)ncn2)c1OC1=CNCC1. The lowest BCUT2D eigenvalue weighted by molar-refractivity contribution is -0.138. The molecule has 0 aliphatic carbocycles. The van der Waals surface area contributed by atoms with Crippen LogP contribution in [0.2, 0.25) is 0 Å². The van der Waals surface area contributed by atoms with Gasteiger partial charge in [-0.25, -0.2) is 9.97 Å². The summed E-state index contributed by atoms with van der Waals surface area (Å²) in [5.41, 5.74) is 15.5. The van der Waals surface area contributed by atoms with Gasteiger partial charge in [-0.05, 0) is 49.9 Å². The third-order valence-corrected chi connectivity index (χ3v) is 9.32. The van der Waals surface area contributed by atoms with Crippen molar-refractivity contribution in [1.82, 2.24) is 15.3 Å². The smallest absolute Gasteiger partial charge is 0.416 e. The van der Waals surface area contributed by atoms with Gasteiger partial charge in [0.05, 0.1) is 33.9 Å². The van der Waals surface area contributed by atoms with Crippen LogP contribution in [0.15, 0.2) is 63.6 Å². The topological polar surface area (TPSA) is 314 Å². The molecule has 0 unspecified atom stereocenters. The Labute approximate surface area is 372 Å². The Morgan fingerprint density at radius 3 is 1.62 bits per heavy atom. The van der Waals surface area contributed by atoms with E-state index in [2.05, 4.69) is 51.5 Å². The van der Waals surface area contributed by atoms with Crippen LogP contribution >= 0.6 is 0 Å². The molecule has 0 spiro atoms. The van der Waals surface area contributed by atoms with E-state index in [4.69, 9.17) is 32.4 Å². The van der Waals surface area contributed by atoms with Crippen LogP contribution in [0.3, 0.4) is 0 Å². The number of nitrogens with two attached hydrogens (primary N) is 4. The molecule has 13 N–H and O–H groups in total. The number of nitrogens with one attached hydrogen (secondary N) is 5. The molecule has 2 aliphatic heterocycles. The number of halogens is 6. The van der Waals surface area contributed by atoms with Gasteiger partial charge in [0.2, 0.25) is 11.8 Å². The summed E-state index contributed by atoms with van der Waals surface area (Å²) in [6, 6.07) is 3.25. The molecule has 66 heavy (non-hydrogen) atoms. The molecule has 2 aromatic carbocycles. The van der Waals surface area contributed by atoms with Crippen LogP contribution in [0.4, 0.5) is 49.1 Å². The van der Waals surface area contributed by atoms with Crippen LogP contribution in [-0.2, 0) is 21.9 Å². The van der Waals surface area contributed by atoms with Gasteiger partial charge in [-0.3, -0.25) is 34.2 Å². The van der Waals surface area contributed by atoms with E-state index < -0.39 is 87.3 Å². The number of hydrogen-bond donors (Lipinski definition) is 9. The summed E-state index contributed by atoms with van der Waals surface area (Å²) >= 11 is 0. The molecule has 0 fully saturated rings. The minimum absolute atomic E-state index is 0.143. The zero-order valence-electron chi connectivity index (χ0n) is 34.9. The summed E-state index contributed by atoms with van der Waals surface area (Å²) in [4.78, 5) is 72.8. The van der Waals surface area contributed by atoms with Gasteiger partial charge in [-0.1, -0.05) is 0 Å².